The molecule has 0 spiro atoms. The lowest BCUT2D eigenvalue weighted by Crippen LogP contribution is -2.61. The normalized spacial score (nSPS) is 17.7. The molecule has 1 fully saturated rings. The van der Waals surface area contributed by atoms with Crippen molar-refractivity contribution in [1.29, 1.82) is 0 Å². The molecular formula is C16H21N3O4. The fourth-order valence-corrected chi connectivity index (χ4v) is 2.34. The number of carbonyl (C=O) groups is 3. The molecule has 1 aromatic rings. The van der Waals surface area contributed by atoms with Crippen molar-refractivity contribution in [2.24, 2.45) is 0 Å². The van der Waals surface area contributed by atoms with Gasteiger partial charge in [0.2, 0.25) is 11.8 Å². The fourth-order valence-electron chi connectivity index (χ4n) is 2.34. The van der Waals surface area contributed by atoms with Crippen LogP contribution < -0.4 is 10.6 Å². The Bertz CT molecular complexity index is 576. The van der Waals surface area contributed by atoms with Crippen molar-refractivity contribution in [2.45, 2.75) is 32.0 Å². The average molecular weight is 319 g/mol. The van der Waals surface area contributed by atoms with Crippen molar-refractivity contribution in [3.63, 3.8) is 0 Å². The average Bonchev–Trinajstić information content (AvgIpc) is 2.52. The van der Waals surface area contributed by atoms with Crippen molar-refractivity contribution < 1.29 is 19.1 Å². The summed E-state index contributed by atoms with van der Waals surface area (Å²) in [7, 11) is 1.53. The quantitative estimate of drug-likeness (QED) is 0.834. The minimum Gasteiger partial charge on any atom is -0.445 e. The number of hydrogen-bond acceptors (Lipinski definition) is 4. The summed E-state index contributed by atoms with van der Waals surface area (Å²) in [6.07, 6.45) is -0.0249. The highest BCUT2D eigenvalue weighted by molar-refractivity contribution is 5.92. The van der Waals surface area contributed by atoms with E-state index in [0.29, 0.717) is 13.0 Å². The van der Waals surface area contributed by atoms with Crippen LogP contribution in [0.15, 0.2) is 30.3 Å². The van der Waals surface area contributed by atoms with Gasteiger partial charge in [-0.3, -0.25) is 9.59 Å². The summed E-state index contributed by atoms with van der Waals surface area (Å²) in [4.78, 5) is 37.0. The molecule has 0 radical (unpaired) electrons. The molecule has 7 nitrogen and oxygen atoms in total. The van der Waals surface area contributed by atoms with Gasteiger partial charge in [0.1, 0.15) is 18.7 Å². The van der Waals surface area contributed by atoms with Gasteiger partial charge in [0.05, 0.1) is 0 Å². The van der Waals surface area contributed by atoms with Gasteiger partial charge in [0.15, 0.2) is 0 Å². The lowest BCUT2D eigenvalue weighted by atomic mass is 10.0. The molecule has 2 atom stereocenters. The summed E-state index contributed by atoms with van der Waals surface area (Å²) in [5.74, 6) is -0.482. The zero-order valence-corrected chi connectivity index (χ0v) is 13.2. The third kappa shape index (κ3) is 4.21. The molecule has 0 saturated carbocycles. The molecule has 2 N–H and O–H groups in total. The van der Waals surface area contributed by atoms with Crippen molar-refractivity contribution in [3.05, 3.63) is 35.9 Å². The Morgan fingerprint density at radius 3 is 2.57 bits per heavy atom. The zero-order chi connectivity index (χ0) is 16.8. The van der Waals surface area contributed by atoms with Crippen molar-refractivity contribution >= 4 is 17.9 Å². The summed E-state index contributed by atoms with van der Waals surface area (Å²) in [6.45, 7) is 2.23. The van der Waals surface area contributed by atoms with E-state index in [1.165, 1.54) is 11.9 Å². The van der Waals surface area contributed by atoms with Crippen LogP contribution in [0.3, 0.4) is 0 Å². The molecule has 1 saturated heterocycles. The Labute approximate surface area is 135 Å². The molecule has 0 aromatic heterocycles. The molecule has 0 aliphatic carbocycles. The van der Waals surface area contributed by atoms with Crippen LogP contribution in [0.5, 0.6) is 0 Å². The molecule has 3 amide bonds. The maximum absolute atomic E-state index is 12.2. The Morgan fingerprint density at radius 2 is 2.00 bits per heavy atom. The maximum atomic E-state index is 12.2. The van der Waals surface area contributed by atoms with E-state index < -0.39 is 18.2 Å². The second-order valence-corrected chi connectivity index (χ2v) is 5.38. The summed E-state index contributed by atoms with van der Waals surface area (Å²) in [6, 6.07) is 8.08. The monoisotopic (exact) mass is 319 g/mol. The molecule has 124 valence electrons. The van der Waals surface area contributed by atoms with Crippen LogP contribution in [0.4, 0.5) is 4.79 Å². The minimum absolute atomic E-state index is 0.137. The van der Waals surface area contributed by atoms with E-state index in [9.17, 15) is 14.4 Å². The first kappa shape index (κ1) is 16.8. The third-order valence-electron chi connectivity index (χ3n) is 3.77. The van der Waals surface area contributed by atoms with Crippen molar-refractivity contribution in [3.8, 4) is 0 Å². The van der Waals surface area contributed by atoms with Gasteiger partial charge in [-0.2, -0.15) is 0 Å². The maximum Gasteiger partial charge on any atom is 0.408 e. The number of carbonyl (C=O) groups excluding carboxylic acids is 3. The number of rotatable bonds is 5. The topological polar surface area (TPSA) is 87.7 Å². The fraction of sp³-hybridized carbons (Fsp3) is 0.438. The second-order valence-electron chi connectivity index (χ2n) is 5.38. The summed E-state index contributed by atoms with van der Waals surface area (Å²) in [5.41, 5.74) is 0.865. The van der Waals surface area contributed by atoms with Crippen molar-refractivity contribution in [1.82, 2.24) is 15.5 Å². The van der Waals surface area contributed by atoms with Crippen LogP contribution in [0.1, 0.15) is 18.9 Å². The first-order valence-corrected chi connectivity index (χ1v) is 7.52. The number of likely N-dealkylation sites (tertiary alicyclic amines) is 1. The van der Waals surface area contributed by atoms with Crippen LogP contribution >= 0.6 is 0 Å². The zero-order valence-electron chi connectivity index (χ0n) is 13.2. The Hall–Kier alpha value is -2.57. The van der Waals surface area contributed by atoms with E-state index in [-0.39, 0.29) is 18.4 Å². The van der Waals surface area contributed by atoms with E-state index in [1.54, 1.807) is 6.92 Å². The van der Waals surface area contributed by atoms with Gasteiger partial charge in [-0.05, 0) is 18.9 Å². The number of alkyl carbamates (subject to hydrolysis) is 1. The molecule has 1 heterocycles. The second kappa shape index (κ2) is 7.62. The Kier molecular flexibility index (Phi) is 5.56. The molecular weight excluding hydrogens is 298 g/mol. The highest BCUT2D eigenvalue weighted by atomic mass is 16.5. The van der Waals surface area contributed by atoms with Crippen LogP contribution in [-0.4, -0.2) is 48.5 Å². The van der Waals surface area contributed by atoms with E-state index in [4.69, 9.17) is 4.74 Å². The molecule has 1 unspecified atom stereocenters. The van der Waals surface area contributed by atoms with Gasteiger partial charge < -0.3 is 20.3 Å². The smallest absolute Gasteiger partial charge is 0.408 e. The standard InChI is InChI=1S/C16H21N3O4/c1-11(15(21)19-9-8-13(19)14(20)17-2)18-16(22)23-10-12-6-4-3-5-7-12/h3-7,11,13H,8-10H2,1-2H3,(H,17,20)(H,18,22)/t11-,13?/m0/s1. The van der Waals surface area contributed by atoms with Gasteiger partial charge in [0.25, 0.3) is 0 Å². The third-order valence-corrected chi connectivity index (χ3v) is 3.77. The van der Waals surface area contributed by atoms with E-state index in [2.05, 4.69) is 10.6 Å². The molecule has 1 aliphatic heterocycles. The number of ether oxygens (including phenoxy) is 1. The van der Waals surface area contributed by atoms with Crippen LogP contribution in [0, 0.1) is 0 Å². The van der Waals surface area contributed by atoms with Crippen LogP contribution in [0.25, 0.3) is 0 Å². The van der Waals surface area contributed by atoms with E-state index >= 15 is 0 Å². The van der Waals surface area contributed by atoms with Crippen LogP contribution in [0.2, 0.25) is 0 Å². The van der Waals surface area contributed by atoms with E-state index in [1.807, 2.05) is 30.3 Å². The molecule has 1 aromatic carbocycles. The van der Waals surface area contributed by atoms with Gasteiger partial charge in [-0.25, -0.2) is 4.79 Å². The highest BCUT2D eigenvalue weighted by Gasteiger charge is 2.39. The van der Waals surface area contributed by atoms with Gasteiger partial charge in [0, 0.05) is 13.6 Å². The molecule has 23 heavy (non-hydrogen) atoms. The van der Waals surface area contributed by atoms with Crippen LogP contribution in [-0.2, 0) is 20.9 Å². The first-order chi connectivity index (χ1) is 11.0. The summed E-state index contributed by atoms with van der Waals surface area (Å²) < 4.78 is 5.08. The minimum atomic E-state index is -0.745. The number of amides is 3. The van der Waals surface area contributed by atoms with Gasteiger partial charge >= 0.3 is 6.09 Å². The Morgan fingerprint density at radius 1 is 1.30 bits per heavy atom. The molecule has 2 rings (SSSR count). The van der Waals surface area contributed by atoms with Gasteiger partial charge in [-0.15, -0.1) is 0 Å². The predicted molar refractivity (Wildman–Crippen MR) is 83.4 cm³/mol. The number of nitrogens with zero attached hydrogens (tertiary/aromatic N) is 1. The highest BCUT2D eigenvalue weighted by Crippen LogP contribution is 2.18. The van der Waals surface area contributed by atoms with E-state index in [0.717, 1.165) is 5.56 Å². The number of likely N-dealkylation sites (N-methyl/N-ethyl adjacent to an activating group) is 1. The Balaban J connectivity index is 1.79. The largest absolute Gasteiger partial charge is 0.445 e. The summed E-state index contributed by atoms with van der Waals surface area (Å²) in [5, 5.41) is 5.02. The SMILES string of the molecule is CNC(=O)C1CCN1C(=O)[C@H](C)NC(=O)OCc1ccccc1. The predicted octanol–water partition coefficient (Wildman–Crippen LogP) is 0.648. The lowest BCUT2D eigenvalue weighted by Gasteiger charge is -2.40. The molecule has 1 aliphatic rings. The number of nitrogens with one attached hydrogen (secondary N) is 2. The van der Waals surface area contributed by atoms with Crippen molar-refractivity contribution in [2.75, 3.05) is 13.6 Å². The number of benzene rings is 1. The lowest BCUT2D eigenvalue weighted by molar-refractivity contribution is -0.148. The summed E-state index contributed by atoms with van der Waals surface area (Å²) >= 11 is 0. The first-order valence-electron chi connectivity index (χ1n) is 7.52. The van der Waals surface area contributed by atoms with Gasteiger partial charge in [-0.1, -0.05) is 30.3 Å². The number of hydrogen-bond donors (Lipinski definition) is 2. The molecule has 0 bridgehead atoms. The molecule has 7 heteroatoms.